The van der Waals surface area contributed by atoms with Crippen LogP contribution < -0.4 is 10.0 Å². The normalized spacial score (nSPS) is 32.4. The Morgan fingerprint density at radius 1 is 1.57 bits per heavy atom. The van der Waals surface area contributed by atoms with E-state index in [2.05, 4.69) is 15.9 Å². The van der Waals surface area contributed by atoms with Gasteiger partial charge in [0, 0.05) is 34.1 Å². The van der Waals surface area contributed by atoms with Gasteiger partial charge in [-0.2, -0.15) is 0 Å². The second kappa shape index (κ2) is 4.18. The molecule has 1 aliphatic heterocycles. The summed E-state index contributed by atoms with van der Waals surface area (Å²) in [7, 11) is -2.03. The van der Waals surface area contributed by atoms with Crippen LogP contribution in [0, 0.1) is 0 Å². The standard InChI is InChI=1S/C9H18N2O2S/c1-14(12,9-2-3-9)11-6-8-7-13-5-4-10-8/h8-10H,1-7H2,(H,11,12). The lowest BCUT2D eigenvalue weighted by Gasteiger charge is -2.24. The minimum Gasteiger partial charge on any atom is -0.378 e. The topological polar surface area (TPSA) is 50.4 Å². The van der Waals surface area contributed by atoms with E-state index >= 15 is 0 Å². The first-order valence-electron chi connectivity index (χ1n) is 5.10. The van der Waals surface area contributed by atoms with Crippen molar-refractivity contribution in [3.05, 3.63) is 0 Å². The Morgan fingerprint density at radius 2 is 2.36 bits per heavy atom. The average Bonchev–Trinajstić information content (AvgIpc) is 3.00. The number of rotatable bonds is 4. The highest BCUT2D eigenvalue weighted by atomic mass is 32.2. The quantitative estimate of drug-likeness (QED) is 0.617. The van der Waals surface area contributed by atoms with Gasteiger partial charge in [-0.1, -0.05) is 0 Å². The fraction of sp³-hybridized carbons (Fsp3) is 0.889. The van der Waals surface area contributed by atoms with Crippen LogP contribution in [0.4, 0.5) is 0 Å². The van der Waals surface area contributed by atoms with Gasteiger partial charge in [-0.15, -0.1) is 0 Å². The van der Waals surface area contributed by atoms with Crippen LogP contribution in [0.2, 0.25) is 0 Å². The van der Waals surface area contributed by atoms with Crippen LogP contribution >= 0.6 is 0 Å². The highest BCUT2D eigenvalue weighted by Crippen LogP contribution is 2.27. The van der Waals surface area contributed by atoms with Crippen molar-refractivity contribution in [2.24, 2.45) is 0 Å². The van der Waals surface area contributed by atoms with Crippen LogP contribution in [0.5, 0.6) is 0 Å². The zero-order chi connectivity index (χ0) is 10.0. The van der Waals surface area contributed by atoms with Crippen molar-refractivity contribution in [1.82, 2.24) is 10.0 Å². The van der Waals surface area contributed by atoms with Crippen molar-refractivity contribution in [3.8, 4) is 0 Å². The third-order valence-electron chi connectivity index (χ3n) is 2.64. The van der Waals surface area contributed by atoms with Gasteiger partial charge in [-0.3, -0.25) is 4.21 Å². The molecule has 2 unspecified atom stereocenters. The van der Waals surface area contributed by atoms with Crippen LogP contribution in [-0.2, 0) is 14.4 Å². The van der Waals surface area contributed by atoms with Gasteiger partial charge in [0.2, 0.25) is 0 Å². The summed E-state index contributed by atoms with van der Waals surface area (Å²) >= 11 is 0. The molecule has 82 valence electrons. The van der Waals surface area contributed by atoms with Gasteiger partial charge >= 0.3 is 0 Å². The molecule has 0 radical (unpaired) electrons. The molecular weight excluding hydrogens is 200 g/mol. The number of nitrogens with one attached hydrogen (secondary N) is 2. The Kier molecular flexibility index (Phi) is 3.11. The van der Waals surface area contributed by atoms with E-state index < -0.39 is 9.71 Å². The van der Waals surface area contributed by atoms with Crippen molar-refractivity contribution in [2.75, 3.05) is 26.3 Å². The molecule has 0 spiro atoms. The predicted octanol–water partition coefficient (Wildman–Crippen LogP) is -0.642. The van der Waals surface area contributed by atoms with Gasteiger partial charge in [-0.05, 0) is 18.7 Å². The Hall–Kier alpha value is -0.100. The summed E-state index contributed by atoms with van der Waals surface area (Å²) in [5.74, 6) is 3.76. The largest absolute Gasteiger partial charge is 0.378 e. The smallest absolute Gasteiger partial charge is 0.0633 e. The maximum Gasteiger partial charge on any atom is 0.0633 e. The summed E-state index contributed by atoms with van der Waals surface area (Å²) < 4.78 is 20.3. The molecule has 2 atom stereocenters. The molecule has 0 aromatic heterocycles. The molecule has 0 bridgehead atoms. The molecule has 0 aromatic rings. The number of ether oxygens (including phenoxy) is 1. The molecule has 0 aromatic carbocycles. The molecule has 2 fully saturated rings. The Bertz CT molecular complexity index is 279. The van der Waals surface area contributed by atoms with Gasteiger partial charge in [0.25, 0.3) is 0 Å². The second-order valence-corrected chi connectivity index (χ2v) is 6.41. The van der Waals surface area contributed by atoms with Crippen molar-refractivity contribution in [3.63, 3.8) is 0 Å². The maximum atomic E-state index is 11.9. The van der Waals surface area contributed by atoms with E-state index in [1.165, 1.54) is 0 Å². The van der Waals surface area contributed by atoms with Gasteiger partial charge < -0.3 is 10.1 Å². The molecule has 1 saturated heterocycles. The van der Waals surface area contributed by atoms with E-state index in [1.807, 2.05) is 0 Å². The van der Waals surface area contributed by atoms with Gasteiger partial charge in [0.05, 0.1) is 13.2 Å². The van der Waals surface area contributed by atoms with Crippen LogP contribution in [0.3, 0.4) is 0 Å². The number of morpholine rings is 1. The van der Waals surface area contributed by atoms with Gasteiger partial charge in [0.1, 0.15) is 0 Å². The average molecular weight is 218 g/mol. The lowest BCUT2D eigenvalue weighted by molar-refractivity contribution is 0.0785. The Morgan fingerprint density at radius 3 is 2.93 bits per heavy atom. The molecule has 1 saturated carbocycles. The monoisotopic (exact) mass is 218 g/mol. The molecule has 1 aliphatic carbocycles. The molecule has 0 amide bonds. The van der Waals surface area contributed by atoms with E-state index in [-0.39, 0.29) is 6.04 Å². The van der Waals surface area contributed by atoms with E-state index in [0.717, 1.165) is 26.0 Å². The van der Waals surface area contributed by atoms with Crippen molar-refractivity contribution < 1.29 is 8.95 Å². The first-order chi connectivity index (χ1) is 6.68. The van der Waals surface area contributed by atoms with Crippen molar-refractivity contribution >= 4 is 15.6 Å². The zero-order valence-electron chi connectivity index (χ0n) is 8.33. The summed E-state index contributed by atoms with van der Waals surface area (Å²) in [6.07, 6.45) is 2.12. The molecule has 5 heteroatoms. The Labute approximate surface area is 85.5 Å². The van der Waals surface area contributed by atoms with E-state index in [0.29, 0.717) is 18.4 Å². The first-order valence-corrected chi connectivity index (χ1v) is 6.89. The molecule has 2 rings (SSSR count). The summed E-state index contributed by atoms with van der Waals surface area (Å²) in [5.41, 5.74) is 0. The summed E-state index contributed by atoms with van der Waals surface area (Å²) in [4.78, 5) is 0. The Balaban J connectivity index is 1.75. The van der Waals surface area contributed by atoms with Crippen molar-refractivity contribution in [1.29, 1.82) is 0 Å². The highest BCUT2D eigenvalue weighted by Gasteiger charge is 2.30. The molecule has 2 aliphatic rings. The minimum atomic E-state index is -2.03. The maximum absolute atomic E-state index is 11.9. The lowest BCUT2D eigenvalue weighted by Crippen LogP contribution is -2.48. The van der Waals surface area contributed by atoms with E-state index in [4.69, 9.17) is 4.74 Å². The highest BCUT2D eigenvalue weighted by molar-refractivity contribution is 7.99. The SMILES string of the molecule is C=S(=O)(NCC1COCCN1)C1CC1. The van der Waals surface area contributed by atoms with Crippen LogP contribution in [0.15, 0.2) is 0 Å². The lowest BCUT2D eigenvalue weighted by atomic mass is 10.3. The summed E-state index contributed by atoms with van der Waals surface area (Å²) in [6, 6.07) is 0.282. The summed E-state index contributed by atoms with van der Waals surface area (Å²) in [6.45, 7) is 3.05. The molecule has 14 heavy (non-hydrogen) atoms. The van der Waals surface area contributed by atoms with Gasteiger partial charge in [-0.25, -0.2) is 4.72 Å². The fourth-order valence-electron chi connectivity index (χ4n) is 1.56. The molecule has 2 N–H and O–H groups in total. The van der Waals surface area contributed by atoms with E-state index in [9.17, 15) is 4.21 Å². The third kappa shape index (κ3) is 2.70. The molecule has 1 heterocycles. The van der Waals surface area contributed by atoms with E-state index in [1.54, 1.807) is 0 Å². The number of hydrogen-bond donors (Lipinski definition) is 2. The molecular formula is C9H18N2O2S. The minimum absolute atomic E-state index is 0.282. The van der Waals surface area contributed by atoms with Crippen LogP contribution in [0.1, 0.15) is 12.8 Å². The fourth-order valence-corrected chi connectivity index (χ4v) is 3.18. The molecule has 4 nitrogen and oxygen atoms in total. The third-order valence-corrected chi connectivity index (χ3v) is 4.84. The van der Waals surface area contributed by atoms with Crippen LogP contribution in [0.25, 0.3) is 0 Å². The summed E-state index contributed by atoms with van der Waals surface area (Å²) in [5, 5.41) is 3.62. The van der Waals surface area contributed by atoms with Gasteiger partial charge in [0.15, 0.2) is 0 Å². The van der Waals surface area contributed by atoms with Crippen LogP contribution in [-0.4, -0.2) is 47.7 Å². The predicted molar refractivity (Wildman–Crippen MR) is 58.9 cm³/mol. The van der Waals surface area contributed by atoms with Crippen molar-refractivity contribution in [2.45, 2.75) is 24.1 Å². The second-order valence-electron chi connectivity index (χ2n) is 4.00. The zero-order valence-corrected chi connectivity index (χ0v) is 9.15. The first kappa shape index (κ1) is 10.4. The number of hydrogen-bond acceptors (Lipinski definition) is 3.